The van der Waals surface area contributed by atoms with Crippen LogP contribution in [0.25, 0.3) is 0 Å². The lowest BCUT2D eigenvalue weighted by Gasteiger charge is -2.25. The summed E-state index contributed by atoms with van der Waals surface area (Å²) in [5.41, 5.74) is 0.0633. The lowest BCUT2D eigenvalue weighted by molar-refractivity contribution is -0.384. The monoisotopic (exact) mass is 251 g/mol. The van der Waals surface area contributed by atoms with Gasteiger partial charge in [-0.1, -0.05) is 0 Å². The predicted octanol–water partition coefficient (Wildman–Crippen LogP) is 1.73. The molecule has 1 N–H and O–H groups in total. The Bertz CT molecular complexity index is 425. The summed E-state index contributed by atoms with van der Waals surface area (Å²) in [6, 6.07) is 3.33. The second-order valence-electron chi connectivity index (χ2n) is 4.46. The Balaban J connectivity index is 2.21. The summed E-state index contributed by atoms with van der Waals surface area (Å²) >= 11 is 0. The van der Waals surface area contributed by atoms with Crippen molar-refractivity contribution in [1.82, 2.24) is 4.98 Å². The minimum absolute atomic E-state index is 0.0633. The number of nitro groups is 1. The first kappa shape index (κ1) is 12.8. The molecule has 0 aliphatic carbocycles. The number of hydrogen-bond acceptors (Lipinski definition) is 5. The molecule has 0 bridgehead atoms. The molecular formula is C12H17N3O3. The number of aliphatic hydroxyl groups is 1. The van der Waals surface area contributed by atoms with Crippen molar-refractivity contribution in [3.63, 3.8) is 0 Å². The van der Waals surface area contributed by atoms with E-state index in [4.69, 9.17) is 5.11 Å². The number of hydrogen-bond donors (Lipinski definition) is 1. The minimum Gasteiger partial charge on any atom is -0.396 e. The highest BCUT2D eigenvalue weighted by Gasteiger charge is 2.30. The van der Waals surface area contributed by atoms with E-state index in [1.54, 1.807) is 12.3 Å². The van der Waals surface area contributed by atoms with E-state index in [2.05, 4.69) is 4.98 Å². The molecule has 2 rings (SSSR count). The molecule has 1 unspecified atom stereocenters. The Kier molecular flexibility index (Phi) is 4.09. The van der Waals surface area contributed by atoms with Gasteiger partial charge in [0.2, 0.25) is 5.82 Å². The normalized spacial score (nSPS) is 19.2. The first-order chi connectivity index (χ1) is 8.74. The summed E-state index contributed by atoms with van der Waals surface area (Å²) < 4.78 is 0. The highest BCUT2D eigenvalue weighted by Crippen LogP contribution is 2.32. The van der Waals surface area contributed by atoms with Crippen molar-refractivity contribution in [3.8, 4) is 0 Å². The van der Waals surface area contributed by atoms with Crippen molar-refractivity contribution in [1.29, 1.82) is 0 Å². The number of rotatable bonds is 5. The molecule has 1 aromatic heterocycles. The fourth-order valence-corrected chi connectivity index (χ4v) is 2.49. The maximum absolute atomic E-state index is 11.0. The van der Waals surface area contributed by atoms with Crippen molar-refractivity contribution in [2.75, 3.05) is 18.1 Å². The van der Waals surface area contributed by atoms with Gasteiger partial charge in [-0.2, -0.15) is 0 Å². The number of anilines is 1. The lowest BCUT2D eigenvalue weighted by Crippen LogP contribution is -2.30. The third-order valence-electron chi connectivity index (χ3n) is 3.31. The molecule has 0 radical (unpaired) electrons. The quantitative estimate of drug-likeness (QED) is 0.636. The summed E-state index contributed by atoms with van der Waals surface area (Å²) in [6.45, 7) is 0.961. The summed E-state index contributed by atoms with van der Waals surface area (Å²) in [5, 5.41) is 19.9. The van der Waals surface area contributed by atoms with Crippen LogP contribution in [-0.2, 0) is 0 Å². The number of pyridine rings is 1. The third kappa shape index (κ3) is 2.59. The van der Waals surface area contributed by atoms with Gasteiger partial charge in [0.25, 0.3) is 0 Å². The van der Waals surface area contributed by atoms with E-state index in [0.717, 1.165) is 32.2 Å². The minimum atomic E-state index is -0.385. The zero-order chi connectivity index (χ0) is 13.0. The zero-order valence-corrected chi connectivity index (χ0v) is 10.2. The van der Waals surface area contributed by atoms with E-state index in [1.807, 2.05) is 4.90 Å². The predicted molar refractivity (Wildman–Crippen MR) is 67.6 cm³/mol. The van der Waals surface area contributed by atoms with Gasteiger partial charge in [0.05, 0.1) is 4.92 Å². The molecule has 1 aromatic rings. The second-order valence-corrected chi connectivity index (χ2v) is 4.46. The van der Waals surface area contributed by atoms with Crippen molar-refractivity contribution >= 4 is 11.5 Å². The van der Waals surface area contributed by atoms with Crippen LogP contribution in [0.3, 0.4) is 0 Å². The van der Waals surface area contributed by atoms with Crippen molar-refractivity contribution in [3.05, 3.63) is 28.4 Å². The maximum Gasteiger partial charge on any atom is 0.311 e. The molecule has 1 aliphatic rings. The van der Waals surface area contributed by atoms with Gasteiger partial charge < -0.3 is 10.0 Å². The largest absolute Gasteiger partial charge is 0.396 e. The van der Waals surface area contributed by atoms with Crippen LogP contribution in [0.2, 0.25) is 0 Å². The smallest absolute Gasteiger partial charge is 0.311 e. The first-order valence-electron chi connectivity index (χ1n) is 6.21. The van der Waals surface area contributed by atoms with Crippen LogP contribution in [0.1, 0.15) is 25.7 Å². The molecule has 1 saturated heterocycles. The SMILES string of the molecule is O=[N+]([O-])c1cccnc1N1CCCC1CCCO. The molecule has 98 valence electrons. The molecule has 0 spiro atoms. The van der Waals surface area contributed by atoms with Gasteiger partial charge in [-0.15, -0.1) is 0 Å². The second kappa shape index (κ2) is 5.77. The molecule has 6 nitrogen and oxygen atoms in total. The lowest BCUT2D eigenvalue weighted by atomic mass is 10.1. The Hall–Kier alpha value is -1.69. The van der Waals surface area contributed by atoms with Gasteiger partial charge in [0, 0.05) is 31.5 Å². The van der Waals surface area contributed by atoms with Gasteiger partial charge in [0.1, 0.15) is 0 Å². The third-order valence-corrected chi connectivity index (χ3v) is 3.31. The first-order valence-corrected chi connectivity index (χ1v) is 6.21. The van der Waals surface area contributed by atoms with E-state index < -0.39 is 0 Å². The van der Waals surface area contributed by atoms with E-state index in [0.29, 0.717) is 5.82 Å². The number of nitrogens with zero attached hydrogens (tertiary/aromatic N) is 3. The average Bonchev–Trinajstić information content (AvgIpc) is 2.84. The Morgan fingerprint density at radius 3 is 3.17 bits per heavy atom. The molecule has 1 atom stereocenters. The van der Waals surface area contributed by atoms with E-state index in [-0.39, 0.29) is 23.3 Å². The van der Waals surface area contributed by atoms with Crippen LogP contribution in [-0.4, -0.2) is 34.2 Å². The summed E-state index contributed by atoms with van der Waals surface area (Å²) in [5.74, 6) is 0.461. The van der Waals surface area contributed by atoms with Gasteiger partial charge in [-0.25, -0.2) is 4.98 Å². The fraction of sp³-hybridized carbons (Fsp3) is 0.583. The highest BCUT2D eigenvalue weighted by molar-refractivity contribution is 5.58. The molecule has 0 aromatic carbocycles. The number of aromatic nitrogens is 1. The summed E-state index contributed by atoms with van der Waals surface area (Å²) in [7, 11) is 0. The fourth-order valence-electron chi connectivity index (χ4n) is 2.49. The van der Waals surface area contributed by atoms with Crippen LogP contribution in [0.5, 0.6) is 0 Å². The van der Waals surface area contributed by atoms with Gasteiger partial charge in [0.15, 0.2) is 0 Å². The van der Waals surface area contributed by atoms with Gasteiger partial charge in [-0.3, -0.25) is 10.1 Å². The standard InChI is InChI=1S/C12H17N3O3/c16-9-3-5-10-4-2-8-14(10)12-11(15(17)18)6-1-7-13-12/h1,6-7,10,16H,2-5,8-9H2. The van der Waals surface area contributed by atoms with Crippen LogP contribution in [0.15, 0.2) is 18.3 Å². The molecule has 18 heavy (non-hydrogen) atoms. The molecular weight excluding hydrogens is 234 g/mol. The molecule has 0 saturated carbocycles. The Morgan fingerprint density at radius 1 is 1.61 bits per heavy atom. The van der Waals surface area contributed by atoms with Crippen LogP contribution >= 0.6 is 0 Å². The van der Waals surface area contributed by atoms with Crippen molar-refractivity contribution in [2.45, 2.75) is 31.7 Å². The molecule has 1 fully saturated rings. The Labute approximate surface area is 105 Å². The van der Waals surface area contributed by atoms with E-state index >= 15 is 0 Å². The van der Waals surface area contributed by atoms with E-state index in [9.17, 15) is 10.1 Å². The maximum atomic E-state index is 11.0. The average molecular weight is 251 g/mol. The highest BCUT2D eigenvalue weighted by atomic mass is 16.6. The Morgan fingerprint density at radius 2 is 2.44 bits per heavy atom. The van der Waals surface area contributed by atoms with Crippen LogP contribution in [0, 0.1) is 10.1 Å². The van der Waals surface area contributed by atoms with Gasteiger partial charge in [-0.05, 0) is 31.7 Å². The number of aliphatic hydroxyl groups excluding tert-OH is 1. The van der Waals surface area contributed by atoms with Crippen molar-refractivity contribution in [2.24, 2.45) is 0 Å². The zero-order valence-electron chi connectivity index (χ0n) is 10.2. The molecule has 1 aliphatic heterocycles. The van der Waals surface area contributed by atoms with Crippen LogP contribution in [0.4, 0.5) is 11.5 Å². The molecule has 2 heterocycles. The van der Waals surface area contributed by atoms with E-state index in [1.165, 1.54) is 6.07 Å². The molecule has 0 amide bonds. The van der Waals surface area contributed by atoms with Crippen LogP contribution < -0.4 is 4.90 Å². The molecule has 6 heteroatoms. The summed E-state index contributed by atoms with van der Waals surface area (Å²) in [4.78, 5) is 16.8. The summed E-state index contributed by atoms with van der Waals surface area (Å²) in [6.07, 6.45) is 5.19. The topological polar surface area (TPSA) is 79.5 Å². The van der Waals surface area contributed by atoms with Gasteiger partial charge >= 0.3 is 5.69 Å². The van der Waals surface area contributed by atoms with Crippen molar-refractivity contribution < 1.29 is 10.0 Å².